The van der Waals surface area contributed by atoms with Gasteiger partial charge in [0.05, 0.1) is 19.8 Å². The highest BCUT2D eigenvalue weighted by atomic mass is 16.3. The maximum atomic E-state index is 9.17. The van der Waals surface area contributed by atoms with Crippen LogP contribution in [0.2, 0.25) is 0 Å². The largest absolute Gasteiger partial charge is 0.394 e. The Labute approximate surface area is 97.3 Å². The normalized spacial score (nSPS) is 11.9. The molecule has 7 nitrogen and oxygen atoms in total. The monoisotopic (exact) mass is 238 g/mol. The molecular formula is C10H14N4O3. The lowest BCUT2D eigenvalue weighted by Gasteiger charge is -2.27. The minimum atomic E-state index is -1.22. The van der Waals surface area contributed by atoms with Gasteiger partial charge in [-0.05, 0) is 12.1 Å². The first-order valence-electron chi connectivity index (χ1n) is 5.15. The number of aliphatic hydroxyl groups is 3. The van der Waals surface area contributed by atoms with Gasteiger partial charge in [-0.1, -0.05) is 6.07 Å². The highest BCUT2D eigenvalue weighted by Gasteiger charge is 2.29. The quantitative estimate of drug-likeness (QED) is 0.525. The molecule has 4 N–H and O–H groups in total. The highest BCUT2D eigenvalue weighted by molar-refractivity contribution is 5.44. The van der Waals surface area contributed by atoms with E-state index in [2.05, 4.69) is 15.4 Å². The summed E-state index contributed by atoms with van der Waals surface area (Å²) < 4.78 is 1.55. The summed E-state index contributed by atoms with van der Waals surface area (Å²) in [6.45, 7) is -1.26. The summed E-state index contributed by atoms with van der Waals surface area (Å²) in [4.78, 5) is 4.15. The lowest BCUT2D eigenvalue weighted by atomic mass is 10.0. The molecule has 0 aliphatic carbocycles. The first-order chi connectivity index (χ1) is 8.23. The van der Waals surface area contributed by atoms with E-state index in [9.17, 15) is 0 Å². The second-order valence-electron chi connectivity index (χ2n) is 3.82. The summed E-state index contributed by atoms with van der Waals surface area (Å²) in [6.07, 6.45) is 1.73. The zero-order valence-corrected chi connectivity index (χ0v) is 9.11. The zero-order valence-electron chi connectivity index (χ0n) is 9.11. The summed E-state index contributed by atoms with van der Waals surface area (Å²) in [5.41, 5.74) is -0.581. The number of nitrogens with zero attached hydrogens (tertiary/aromatic N) is 3. The summed E-state index contributed by atoms with van der Waals surface area (Å²) >= 11 is 0. The molecule has 0 saturated carbocycles. The third-order valence-electron chi connectivity index (χ3n) is 2.53. The van der Waals surface area contributed by atoms with Gasteiger partial charge in [0.15, 0.2) is 5.65 Å². The Morgan fingerprint density at radius 1 is 1.18 bits per heavy atom. The molecule has 0 unspecified atom stereocenters. The van der Waals surface area contributed by atoms with E-state index >= 15 is 0 Å². The van der Waals surface area contributed by atoms with Gasteiger partial charge in [0, 0.05) is 6.20 Å². The Bertz CT molecular complexity index is 454. The molecule has 2 aromatic heterocycles. The van der Waals surface area contributed by atoms with Crippen LogP contribution in [-0.4, -0.2) is 55.3 Å². The summed E-state index contributed by atoms with van der Waals surface area (Å²) in [6, 6.07) is 5.41. The van der Waals surface area contributed by atoms with Crippen molar-refractivity contribution in [3.8, 4) is 0 Å². The number of hydrogen-bond acceptors (Lipinski definition) is 6. The van der Waals surface area contributed by atoms with E-state index in [1.807, 2.05) is 12.1 Å². The van der Waals surface area contributed by atoms with Crippen LogP contribution < -0.4 is 5.32 Å². The van der Waals surface area contributed by atoms with E-state index in [4.69, 9.17) is 15.3 Å². The fourth-order valence-corrected chi connectivity index (χ4v) is 1.39. The molecule has 2 aromatic rings. The summed E-state index contributed by atoms with van der Waals surface area (Å²) in [5.74, 6) is 0.244. The second kappa shape index (κ2) is 4.66. The predicted octanol–water partition coefficient (Wildman–Crippen LogP) is -1.14. The molecule has 17 heavy (non-hydrogen) atoms. The van der Waals surface area contributed by atoms with Crippen LogP contribution in [0.5, 0.6) is 0 Å². The average molecular weight is 238 g/mol. The molecule has 0 atom stereocenters. The van der Waals surface area contributed by atoms with Crippen molar-refractivity contribution < 1.29 is 15.3 Å². The molecule has 0 radical (unpaired) electrons. The summed E-state index contributed by atoms with van der Waals surface area (Å²) in [7, 11) is 0. The van der Waals surface area contributed by atoms with Crippen molar-refractivity contribution in [1.82, 2.24) is 14.6 Å². The molecule has 2 rings (SSSR count). The fourth-order valence-electron chi connectivity index (χ4n) is 1.39. The number of rotatable bonds is 5. The molecule has 0 aliphatic heterocycles. The van der Waals surface area contributed by atoms with Crippen molar-refractivity contribution in [3.05, 3.63) is 24.4 Å². The number of anilines is 1. The van der Waals surface area contributed by atoms with Gasteiger partial charge < -0.3 is 20.6 Å². The topological polar surface area (TPSA) is 103 Å². The smallest absolute Gasteiger partial charge is 0.243 e. The van der Waals surface area contributed by atoms with Crippen molar-refractivity contribution >= 4 is 11.6 Å². The Balaban J connectivity index is 2.28. The van der Waals surface area contributed by atoms with Gasteiger partial charge in [0.2, 0.25) is 5.95 Å². The van der Waals surface area contributed by atoms with Crippen LogP contribution in [0.1, 0.15) is 0 Å². The standard InChI is InChI=1S/C10H14N4O3/c15-5-10(6-16,7-17)12-9-11-8-3-1-2-4-14(8)13-9/h1-4,15-17H,5-7H2,(H,12,13). The number of aliphatic hydroxyl groups excluding tert-OH is 3. The Morgan fingerprint density at radius 3 is 2.47 bits per heavy atom. The van der Waals surface area contributed by atoms with Crippen LogP contribution >= 0.6 is 0 Å². The fraction of sp³-hybridized carbons (Fsp3) is 0.400. The van der Waals surface area contributed by atoms with Crippen LogP contribution in [0.4, 0.5) is 5.95 Å². The molecule has 0 aromatic carbocycles. The maximum Gasteiger partial charge on any atom is 0.243 e. The predicted molar refractivity (Wildman–Crippen MR) is 60.6 cm³/mol. The van der Waals surface area contributed by atoms with Gasteiger partial charge >= 0.3 is 0 Å². The van der Waals surface area contributed by atoms with Crippen molar-refractivity contribution in [2.75, 3.05) is 25.1 Å². The van der Waals surface area contributed by atoms with E-state index < -0.39 is 25.4 Å². The maximum absolute atomic E-state index is 9.17. The second-order valence-corrected chi connectivity index (χ2v) is 3.82. The zero-order chi connectivity index (χ0) is 12.3. The Morgan fingerprint density at radius 2 is 1.88 bits per heavy atom. The summed E-state index contributed by atoms with van der Waals surface area (Å²) in [5, 5.41) is 34.3. The van der Waals surface area contributed by atoms with Gasteiger partial charge in [-0.3, -0.25) is 0 Å². The number of nitrogens with one attached hydrogen (secondary N) is 1. The molecule has 92 valence electrons. The molecule has 0 spiro atoms. The molecule has 0 bridgehead atoms. The molecule has 7 heteroatoms. The van der Waals surface area contributed by atoms with Crippen LogP contribution in [-0.2, 0) is 0 Å². The average Bonchev–Trinajstić information content (AvgIpc) is 2.78. The minimum Gasteiger partial charge on any atom is -0.394 e. The van der Waals surface area contributed by atoms with Crippen molar-refractivity contribution in [3.63, 3.8) is 0 Å². The van der Waals surface area contributed by atoms with Crippen molar-refractivity contribution in [1.29, 1.82) is 0 Å². The number of aromatic nitrogens is 3. The van der Waals surface area contributed by atoms with Gasteiger partial charge in [0.1, 0.15) is 5.54 Å². The Kier molecular flexibility index (Phi) is 3.23. The van der Waals surface area contributed by atoms with E-state index in [0.29, 0.717) is 5.65 Å². The van der Waals surface area contributed by atoms with Gasteiger partial charge in [-0.15, -0.1) is 5.10 Å². The number of hydrogen-bond donors (Lipinski definition) is 4. The minimum absolute atomic E-state index is 0.244. The van der Waals surface area contributed by atoms with E-state index in [0.717, 1.165) is 0 Å². The Hall–Kier alpha value is -1.70. The molecular weight excluding hydrogens is 224 g/mol. The first kappa shape index (κ1) is 11.8. The van der Waals surface area contributed by atoms with Crippen LogP contribution in [0.25, 0.3) is 5.65 Å². The van der Waals surface area contributed by atoms with E-state index in [-0.39, 0.29) is 5.95 Å². The van der Waals surface area contributed by atoms with Crippen LogP contribution in [0.15, 0.2) is 24.4 Å². The number of pyridine rings is 1. The lowest BCUT2D eigenvalue weighted by Crippen LogP contribution is -2.49. The van der Waals surface area contributed by atoms with Gasteiger partial charge in [-0.25, -0.2) is 4.52 Å². The van der Waals surface area contributed by atoms with Crippen LogP contribution in [0.3, 0.4) is 0 Å². The van der Waals surface area contributed by atoms with E-state index in [1.54, 1.807) is 16.8 Å². The molecule has 0 amide bonds. The number of fused-ring (bicyclic) bond motifs is 1. The van der Waals surface area contributed by atoms with Crippen LogP contribution in [0, 0.1) is 0 Å². The molecule has 2 heterocycles. The van der Waals surface area contributed by atoms with E-state index in [1.165, 1.54) is 0 Å². The van der Waals surface area contributed by atoms with Crippen molar-refractivity contribution in [2.45, 2.75) is 5.54 Å². The molecule has 0 saturated heterocycles. The first-order valence-corrected chi connectivity index (χ1v) is 5.15. The third kappa shape index (κ3) is 2.21. The van der Waals surface area contributed by atoms with Gasteiger partial charge in [-0.2, -0.15) is 4.98 Å². The van der Waals surface area contributed by atoms with Crippen molar-refractivity contribution in [2.24, 2.45) is 0 Å². The molecule has 0 aliphatic rings. The lowest BCUT2D eigenvalue weighted by molar-refractivity contribution is 0.0828. The third-order valence-corrected chi connectivity index (χ3v) is 2.53. The highest BCUT2D eigenvalue weighted by Crippen LogP contribution is 2.12. The SMILES string of the molecule is OCC(CO)(CO)Nc1nc2ccccn2n1. The molecule has 0 fully saturated rings. The van der Waals surface area contributed by atoms with Gasteiger partial charge in [0.25, 0.3) is 0 Å².